The van der Waals surface area contributed by atoms with Crippen molar-refractivity contribution in [2.45, 2.75) is 12.6 Å². The van der Waals surface area contributed by atoms with E-state index in [4.69, 9.17) is 9.47 Å². The normalized spacial score (nSPS) is 15.9. The Labute approximate surface area is 155 Å². The van der Waals surface area contributed by atoms with Crippen molar-refractivity contribution in [2.24, 2.45) is 14.1 Å². The number of hydrogen-bond acceptors (Lipinski definition) is 7. The zero-order valence-corrected chi connectivity index (χ0v) is 15.5. The molecule has 1 aromatic carbocycles. The molecule has 1 N–H and O–H groups in total. The fourth-order valence-electron chi connectivity index (χ4n) is 3.54. The first-order valence-corrected chi connectivity index (χ1v) is 8.22. The van der Waals surface area contributed by atoms with Gasteiger partial charge in [-0.3, -0.25) is 13.9 Å². The van der Waals surface area contributed by atoms with Crippen molar-refractivity contribution in [3.8, 4) is 17.6 Å². The molecule has 0 amide bonds. The maximum Gasteiger partial charge on any atom is 0.332 e. The van der Waals surface area contributed by atoms with E-state index in [1.54, 1.807) is 17.0 Å². The van der Waals surface area contributed by atoms with Crippen molar-refractivity contribution >= 4 is 5.82 Å². The van der Waals surface area contributed by atoms with Crippen LogP contribution >= 0.6 is 0 Å². The Morgan fingerprint density at radius 2 is 1.78 bits per heavy atom. The molecule has 3 rings (SSSR count). The number of aromatic nitrogens is 2. The van der Waals surface area contributed by atoms with Gasteiger partial charge >= 0.3 is 5.69 Å². The van der Waals surface area contributed by atoms with E-state index in [2.05, 4.69) is 0 Å². The van der Waals surface area contributed by atoms with E-state index in [9.17, 15) is 20.0 Å². The quantitative estimate of drug-likeness (QED) is 0.809. The van der Waals surface area contributed by atoms with Crippen LogP contribution in [0.2, 0.25) is 0 Å². The predicted molar refractivity (Wildman–Crippen MR) is 97.2 cm³/mol. The summed E-state index contributed by atoms with van der Waals surface area (Å²) in [5, 5.41) is 20.2. The highest BCUT2D eigenvalue weighted by molar-refractivity contribution is 5.59. The number of aliphatic hydroxyl groups is 1. The fourth-order valence-corrected chi connectivity index (χ4v) is 3.54. The van der Waals surface area contributed by atoms with Crippen LogP contribution < -0.4 is 25.6 Å². The van der Waals surface area contributed by atoms with E-state index in [0.717, 1.165) is 4.57 Å². The van der Waals surface area contributed by atoms with Gasteiger partial charge in [0.1, 0.15) is 29.5 Å². The number of anilines is 1. The Morgan fingerprint density at radius 1 is 1.15 bits per heavy atom. The van der Waals surface area contributed by atoms with Crippen LogP contribution in [-0.2, 0) is 20.6 Å². The molecule has 0 saturated carbocycles. The van der Waals surface area contributed by atoms with E-state index in [-0.39, 0.29) is 24.5 Å². The van der Waals surface area contributed by atoms with Crippen molar-refractivity contribution in [1.29, 1.82) is 5.26 Å². The molecule has 1 atom stereocenters. The smallest absolute Gasteiger partial charge is 0.332 e. The number of rotatable bonds is 3. The zero-order chi connectivity index (χ0) is 19.9. The van der Waals surface area contributed by atoms with Crippen LogP contribution in [0.25, 0.3) is 0 Å². The molecule has 2 aromatic rings. The largest absolute Gasteiger partial charge is 0.496 e. The van der Waals surface area contributed by atoms with E-state index >= 15 is 0 Å². The first-order valence-electron chi connectivity index (χ1n) is 8.22. The molecular formula is C18H20N4O5. The monoisotopic (exact) mass is 372 g/mol. The fraction of sp³-hybridized carbons (Fsp3) is 0.389. The molecular weight excluding hydrogens is 352 g/mol. The minimum absolute atomic E-state index is 0.0889. The van der Waals surface area contributed by atoms with E-state index in [1.165, 1.54) is 32.9 Å². The highest BCUT2D eigenvalue weighted by Gasteiger charge is 2.32. The summed E-state index contributed by atoms with van der Waals surface area (Å²) in [6, 6.07) is 5.33. The lowest BCUT2D eigenvalue weighted by Crippen LogP contribution is -2.44. The van der Waals surface area contributed by atoms with Crippen LogP contribution in [0.1, 0.15) is 22.8 Å². The maximum absolute atomic E-state index is 12.4. The Hall–Kier alpha value is -3.25. The van der Waals surface area contributed by atoms with Gasteiger partial charge in [-0.15, -0.1) is 0 Å². The minimum Gasteiger partial charge on any atom is -0.496 e. The van der Waals surface area contributed by atoms with Crippen LogP contribution in [0.15, 0.2) is 21.7 Å². The third kappa shape index (κ3) is 2.74. The van der Waals surface area contributed by atoms with Gasteiger partial charge in [-0.2, -0.15) is 5.26 Å². The minimum atomic E-state index is -0.954. The third-order valence-corrected chi connectivity index (χ3v) is 4.83. The SMILES string of the molecule is COc1ccc(OC)c2c1CN(c1c(C#N)c(=O)n(C)c(=O)n1C)CC2O. The van der Waals surface area contributed by atoms with E-state index in [0.29, 0.717) is 22.6 Å². The predicted octanol–water partition coefficient (Wildman–Crippen LogP) is 0.0265. The molecule has 142 valence electrons. The Bertz CT molecular complexity index is 1060. The van der Waals surface area contributed by atoms with E-state index < -0.39 is 17.4 Å². The second-order valence-electron chi connectivity index (χ2n) is 6.27. The number of nitrogens with zero attached hydrogens (tertiary/aromatic N) is 4. The van der Waals surface area contributed by atoms with Crippen LogP contribution in [-0.4, -0.2) is 35.0 Å². The molecule has 0 fully saturated rings. The first-order chi connectivity index (χ1) is 12.8. The summed E-state index contributed by atoms with van der Waals surface area (Å²) in [7, 11) is 5.84. The van der Waals surface area contributed by atoms with Gasteiger partial charge in [0.2, 0.25) is 0 Å². The Kier molecular flexibility index (Phi) is 4.68. The number of nitriles is 1. The molecule has 0 radical (unpaired) electrons. The summed E-state index contributed by atoms with van der Waals surface area (Å²) in [5.74, 6) is 1.23. The molecule has 9 heteroatoms. The number of aliphatic hydroxyl groups excluding tert-OH is 1. The van der Waals surface area contributed by atoms with Gasteiger partial charge in [0.05, 0.1) is 20.8 Å². The summed E-state index contributed by atoms with van der Waals surface area (Å²) < 4.78 is 12.9. The van der Waals surface area contributed by atoms with Gasteiger partial charge < -0.3 is 19.5 Å². The molecule has 1 unspecified atom stereocenters. The molecule has 2 heterocycles. The summed E-state index contributed by atoms with van der Waals surface area (Å²) >= 11 is 0. The molecule has 27 heavy (non-hydrogen) atoms. The average molecular weight is 372 g/mol. The molecule has 0 aliphatic carbocycles. The first kappa shape index (κ1) is 18.5. The van der Waals surface area contributed by atoms with Gasteiger partial charge in [-0.05, 0) is 12.1 Å². The number of ether oxygens (including phenoxy) is 2. The zero-order valence-electron chi connectivity index (χ0n) is 15.5. The molecule has 0 saturated heterocycles. The van der Waals surface area contributed by atoms with Crippen molar-refractivity contribution in [3.05, 3.63) is 49.7 Å². The van der Waals surface area contributed by atoms with Crippen molar-refractivity contribution < 1.29 is 14.6 Å². The highest BCUT2D eigenvalue weighted by atomic mass is 16.5. The van der Waals surface area contributed by atoms with Gasteiger partial charge in [-0.25, -0.2) is 4.79 Å². The number of benzene rings is 1. The molecule has 9 nitrogen and oxygen atoms in total. The topological polar surface area (TPSA) is 110 Å². The lowest BCUT2D eigenvalue weighted by molar-refractivity contribution is 0.169. The Balaban J connectivity index is 2.24. The number of methoxy groups -OCH3 is 2. The molecule has 1 aliphatic rings. The summed E-state index contributed by atoms with van der Waals surface area (Å²) in [6.45, 7) is 0.327. The van der Waals surface area contributed by atoms with Crippen molar-refractivity contribution in [2.75, 3.05) is 25.7 Å². The van der Waals surface area contributed by atoms with Crippen LogP contribution in [0.3, 0.4) is 0 Å². The Morgan fingerprint density at radius 3 is 2.37 bits per heavy atom. The van der Waals surface area contributed by atoms with Gasteiger partial charge in [0.25, 0.3) is 5.56 Å². The van der Waals surface area contributed by atoms with Crippen LogP contribution in [0.4, 0.5) is 5.82 Å². The molecule has 0 spiro atoms. The summed E-state index contributed by atoms with van der Waals surface area (Å²) in [4.78, 5) is 26.4. The second-order valence-corrected chi connectivity index (χ2v) is 6.27. The summed E-state index contributed by atoms with van der Waals surface area (Å²) in [5.41, 5.74) is -0.106. The molecule has 1 aromatic heterocycles. The van der Waals surface area contributed by atoms with Gasteiger partial charge in [0.15, 0.2) is 5.56 Å². The van der Waals surface area contributed by atoms with Gasteiger partial charge in [-0.1, -0.05) is 0 Å². The number of hydrogen-bond donors (Lipinski definition) is 1. The standard InChI is InChI=1S/C18H20N4O5/c1-20-16(10(7-19)17(24)21(2)18(20)25)22-8-11-13(26-3)5-6-14(27-4)15(11)12(23)9-22/h5-6,12,23H,8-9H2,1-4H3. The maximum atomic E-state index is 12.4. The highest BCUT2D eigenvalue weighted by Crippen LogP contribution is 2.40. The third-order valence-electron chi connectivity index (χ3n) is 4.83. The van der Waals surface area contributed by atoms with Crippen LogP contribution in [0.5, 0.6) is 11.5 Å². The lowest BCUT2D eigenvalue weighted by Gasteiger charge is -2.36. The van der Waals surface area contributed by atoms with Gasteiger partial charge in [0, 0.05) is 31.8 Å². The van der Waals surface area contributed by atoms with E-state index in [1.807, 2.05) is 6.07 Å². The lowest BCUT2D eigenvalue weighted by atomic mass is 9.95. The second kappa shape index (κ2) is 6.81. The summed E-state index contributed by atoms with van der Waals surface area (Å²) in [6.07, 6.45) is -0.954. The molecule has 0 bridgehead atoms. The number of β-amino-alcohol motifs (C(OH)–C–C–N with tert-alkyl or cyclic N) is 1. The van der Waals surface area contributed by atoms with Crippen molar-refractivity contribution in [1.82, 2.24) is 9.13 Å². The van der Waals surface area contributed by atoms with Crippen molar-refractivity contribution in [3.63, 3.8) is 0 Å². The van der Waals surface area contributed by atoms with Crippen LogP contribution in [0, 0.1) is 11.3 Å². The molecule has 1 aliphatic heterocycles. The average Bonchev–Trinajstić information content (AvgIpc) is 2.67. The number of fused-ring (bicyclic) bond motifs is 1.